The minimum Gasteiger partial charge on any atom is -0.258 e. The summed E-state index contributed by atoms with van der Waals surface area (Å²) in [5.41, 5.74) is 0.562. The van der Waals surface area contributed by atoms with Crippen LogP contribution in [0, 0.1) is 11.7 Å². The lowest BCUT2D eigenvalue weighted by atomic mass is 9.89. The second kappa shape index (κ2) is 4.87. The molecule has 0 aliphatic carbocycles. The lowest BCUT2D eigenvalue weighted by Gasteiger charge is -2.23. The average Bonchev–Trinajstić information content (AvgIpc) is 2.07. The fraction of sp³-hybridized carbons (Fsp3) is 0.545. The van der Waals surface area contributed by atoms with Crippen molar-refractivity contribution in [2.24, 2.45) is 5.92 Å². The van der Waals surface area contributed by atoms with Crippen molar-refractivity contribution in [3.05, 3.63) is 29.8 Å². The zero-order valence-corrected chi connectivity index (χ0v) is 10.3. The third-order valence-electron chi connectivity index (χ3n) is 2.32. The molecule has 0 fully saturated rings. The van der Waals surface area contributed by atoms with E-state index >= 15 is 0 Å². The molecular weight excluding hydrogens is 245 g/mol. The van der Waals surface area contributed by atoms with Crippen molar-refractivity contribution >= 4 is 15.9 Å². The highest BCUT2D eigenvalue weighted by Crippen LogP contribution is 2.31. The predicted molar refractivity (Wildman–Crippen MR) is 60.2 cm³/mol. The van der Waals surface area contributed by atoms with Gasteiger partial charge in [0.25, 0.3) is 0 Å². The lowest BCUT2D eigenvalue weighted by molar-refractivity contribution is 0.459. The summed E-state index contributed by atoms with van der Waals surface area (Å²) in [5.74, 6) is 0.280. The van der Waals surface area contributed by atoms with Crippen molar-refractivity contribution in [2.45, 2.75) is 31.5 Å². The van der Waals surface area contributed by atoms with Crippen LogP contribution in [0.5, 0.6) is 0 Å². The van der Waals surface area contributed by atoms with E-state index in [2.05, 4.69) is 34.8 Å². The van der Waals surface area contributed by atoms with Gasteiger partial charge < -0.3 is 0 Å². The first-order chi connectivity index (χ1) is 6.54. The van der Waals surface area contributed by atoms with E-state index in [0.717, 1.165) is 0 Å². The van der Waals surface area contributed by atoms with Gasteiger partial charge in [-0.1, -0.05) is 36.7 Å². The van der Waals surface area contributed by atoms with Crippen LogP contribution in [0.2, 0.25) is 0 Å². The normalized spacial score (nSPS) is 15.6. The Morgan fingerprint density at radius 3 is 2.43 bits per heavy atom. The summed E-state index contributed by atoms with van der Waals surface area (Å²) in [7, 11) is 0. The molecule has 0 amide bonds. The summed E-state index contributed by atoms with van der Waals surface area (Å²) >= 11 is 3.51. The van der Waals surface area contributed by atoms with Crippen LogP contribution in [0.3, 0.4) is 0 Å². The maximum absolute atomic E-state index is 13.5. The summed E-state index contributed by atoms with van der Waals surface area (Å²) in [4.78, 5) is 4.34. The average molecular weight is 260 g/mol. The Bertz CT molecular complexity index is 291. The van der Waals surface area contributed by atoms with Crippen molar-refractivity contribution < 1.29 is 4.39 Å². The highest BCUT2D eigenvalue weighted by atomic mass is 79.9. The Morgan fingerprint density at radius 1 is 1.36 bits per heavy atom. The first-order valence-electron chi connectivity index (χ1n) is 4.78. The van der Waals surface area contributed by atoms with Crippen molar-refractivity contribution in [2.75, 3.05) is 0 Å². The summed E-state index contributed by atoms with van der Waals surface area (Å²) in [6.45, 7) is 6.19. The van der Waals surface area contributed by atoms with Gasteiger partial charge in [-0.3, -0.25) is 4.98 Å². The molecule has 14 heavy (non-hydrogen) atoms. The van der Waals surface area contributed by atoms with Crippen LogP contribution in [-0.4, -0.2) is 9.81 Å². The number of hydrogen-bond acceptors (Lipinski definition) is 1. The first-order valence-corrected chi connectivity index (χ1v) is 5.70. The van der Waals surface area contributed by atoms with E-state index in [-0.39, 0.29) is 16.6 Å². The van der Waals surface area contributed by atoms with Gasteiger partial charge in [-0.25, -0.2) is 4.39 Å². The minimum absolute atomic E-state index is 0.121. The molecule has 0 N–H and O–H groups in total. The van der Waals surface area contributed by atoms with Crippen LogP contribution in [0.15, 0.2) is 18.3 Å². The summed E-state index contributed by atoms with van der Waals surface area (Å²) < 4.78 is 13.5. The van der Waals surface area contributed by atoms with Gasteiger partial charge in [-0.15, -0.1) is 0 Å². The molecule has 0 aromatic carbocycles. The van der Waals surface area contributed by atoms with Crippen LogP contribution in [-0.2, 0) is 0 Å². The molecule has 1 nitrogen and oxygen atoms in total. The molecular formula is C11H15BrFN. The van der Waals surface area contributed by atoms with Crippen molar-refractivity contribution in [1.82, 2.24) is 4.98 Å². The van der Waals surface area contributed by atoms with E-state index in [9.17, 15) is 4.39 Å². The SMILES string of the molecule is CC(C)C(c1ncccc1F)C(C)Br. The molecule has 2 atom stereocenters. The van der Waals surface area contributed by atoms with E-state index in [1.54, 1.807) is 12.3 Å². The zero-order valence-electron chi connectivity index (χ0n) is 8.67. The fourth-order valence-electron chi connectivity index (χ4n) is 1.71. The Kier molecular flexibility index (Phi) is 4.05. The number of rotatable bonds is 3. The second-order valence-corrected chi connectivity index (χ2v) is 5.26. The first kappa shape index (κ1) is 11.6. The van der Waals surface area contributed by atoms with Crippen molar-refractivity contribution in [3.63, 3.8) is 0 Å². The Hall–Kier alpha value is -0.440. The van der Waals surface area contributed by atoms with Crippen LogP contribution < -0.4 is 0 Å². The summed E-state index contributed by atoms with van der Waals surface area (Å²) in [5, 5.41) is 0. The molecule has 0 bridgehead atoms. The van der Waals surface area contributed by atoms with Crippen molar-refractivity contribution in [3.8, 4) is 0 Å². The van der Waals surface area contributed by atoms with Gasteiger partial charge in [-0.2, -0.15) is 0 Å². The maximum atomic E-state index is 13.5. The molecule has 0 aliphatic rings. The monoisotopic (exact) mass is 259 g/mol. The van der Waals surface area contributed by atoms with Crippen LogP contribution in [0.1, 0.15) is 32.4 Å². The van der Waals surface area contributed by atoms with Gasteiger partial charge in [0.15, 0.2) is 0 Å². The predicted octanol–water partition coefficient (Wildman–Crippen LogP) is 3.74. The van der Waals surface area contributed by atoms with Gasteiger partial charge in [-0.05, 0) is 18.1 Å². The molecule has 2 unspecified atom stereocenters. The van der Waals surface area contributed by atoms with E-state index in [4.69, 9.17) is 0 Å². The molecule has 0 saturated heterocycles. The topological polar surface area (TPSA) is 12.9 Å². The van der Waals surface area contributed by atoms with E-state index in [0.29, 0.717) is 11.6 Å². The third-order valence-corrected chi connectivity index (χ3v) is 2.89. The molecule has 0 radical (unpaired) electrons. The molecule has 0 aliphatic heterocycles. The molecule has 0 saturated carbocycles. The Morgan fingerprint density at radius 2 is 2.00 bits per heavy atom. The van der Waals surface area contributed by atoms with Gasteiger partial charge >= 0.3 is 0 Å². The number of pyridine rings is 1. The highest BCUT2D eigenvalue weighted by Gasteiger charge is 2.24. The second-order valence-electron chi connectivity index (χ2n) is 3.82. The standard InChI is InChI=1S/C11H15BrFN/c1-7(2)10(8(3)12)11-9(13)5-4-6-14-11/h4-8,10H,1-3H3. The van der Waals surface area contributed by atoms with Gasteiger partial charge in [0.1, 0.15) is 5.82 Å². The number of aromatic nitrogens is 1. The largest absolute Gasteiger partial charge is 0.258 e. The van der Waals surface area contributed by atoms with Crippen LogP contribution in [0.4, 0.5) is 4.39 Å². The third kappa shape index (κ3) is 2.53. The molecule has 1 aromatic heterocycles. The number of halogens is 2. The lowest BCUT2D eigenvalue weighted by Crippen LogP contribution is -2.18. The highest BCUT2D eigenvalue weighted by molar-refractivity contribution is 9.09. The molecule has 1 rings (SSSR count). The van der Waals surface area contributed by atoms with Crippen LogP contribution in [0.25, 0.3) is 0 Å². The smallest absolute Gasteiger partial charge is 0.145 e. The quantitative estimate of drug-likeness (QED) is 0.754. The fourth-order valence-corrected chi connectivity index (χ4v) is 2.57. The minimum atomic E-state index is -0.211. The van der Waals surface area contributed by atoms with Gasteiger partial charge in [0, 0.05) is 16.9 Å². The number of hydrogen-bond donors (Lipinski definition) is 0. The molecule has 0 spiro atoms. The van der Waals surface area contributed by atoms with Crippen molar-refractivity contribution in [1.29, 1.82) is 0 Å². The Labute approximate surface area is 92.9 Å². The summed E-state index contributed by atoms with van der Waals surface area (Å²) in [6.07, 6.45) is 1.64. The van der Waals surface area contributed by atoms with Gasteiger partial charge in [0.05, 0.1) is 5.69 Å². The molecule has 3 heteroatoms. The van der Waals surface area contributed by atoms with Gasteiger partial charge in [0.2, 0.25) is 0 Å². The number of alkyl halides is 1. The molecule has 1 heterocycles. The Balaban J connectivity index is 3.05. The summed E-state index contributed by atoms with van der Waals surface area (Å²) in [6, 6.07) is 3.09. The van der Waals surface area contributed by atoms with Crippen LogP contribution >= 0.6 is 15.9 Å². The number of nitrogens with zero attached hydrogens (tertiary/aromatic N) is 1. The molecule has 1 aromatic rings. The van der Waals surface area contributed by atoms with E-state index in [1.165, 1.54) is 6.07 Å². The van der Waals surface area contributed by atoms with E-state index in [1.807, 2.05) is 6.92 Å². The van der Waals surface area contributed by atoms with E-state index < -0.39 is 0 Å². The zero-order chi connectivity index (χ0) is 10.7. The maximum Gasteiger partial charge on any atom is 0.145 e. The molecule has 78 valence electrons.